The van der Waals surface area contributed by atoms with Gasteiger partial charge in [-0.3, -0.25) is 14.2 Å². The Morgan fingerprint density at radius 1 is 1.38 bits per heavy atom. The lowest BCUT2D eigenvalue weighted by atomic mass is 10.0. The lowest BCUT2D eigenvalue weighted by Gasteiger charge is -2.14. The summed E-state index contributed by atoms with van der Waals surface area (Å²) in [5.41, 5.74) is -0.425. The van der Waals surface area contributed by atoms with Crippen LogP contribution >= 0.6 is 0 Å². The van der Waals surface area contributed by atoms with Crippen LogP contribution in [0.1, 0.15) is 25.0 Å². The molecule has 0 saturated carbocycles. The second kappa shape index (κ2) is 4.34. The molecule has 1 aromatic rings. The van der Waals surface area contributed by atoms with Crippen LogP contribution in [0.15, 0.2) is 15.7 Å². The van der Waals surface area contributed by atoms with Crippen molar-refractivity contribution < 1.29 is 9.90 Å². The van der Waals surface area contributed by atoms with Crippen LogP contribution in [-0.2, 0) is 18.9 Å². The quantitative estimate of drug-likeness (QED) is 0.764. The summed E-state index contributed by atoms with van der Waals surface area (Å²) in [7, 11) is 2.91. The van der Waals surface area contributed by atoms with Crippen LogP contribution in [0.25, 0.3) is 0 Å². The Bertz CT molecular complexity index is 527. The Hall–Kier alpha value is -1.85. The highest BCUT2D eigenvalue weighted by Crippen LogP contribution is 2.15. The molecule has 0 aliphatic heterocycles. The topological polar surface area (TPSA) is 81.3 Å². The van der Waals surface area contributed by atoms with Gasteiger partial charge in [0.15, 0.2) is 0 Å². The van der Waals surface area contributed by atoms with E-state index in [-0.39, 0.29) is 12.3 Å². The monoisotopic (exact) mass is 226 g/mol. The minimum Gasteiger partial charge on any atom is -0.481 e. The van der Waals surface area contributed by atoms with Crippen molar-refractivity contribution in [3.05, 3.63) is 32.6 Å². The molecule has 88 valence electrons. The van der Waals surface area contributed by atoms with Crippen LogP contribution in [-0.4, -0.2) is 20.2 Å². The highest BCUT2D eigenvalue weighted by Gasteiger charge is 2.15. The predicted molar refractivity (Wildman–Crippen MR) is 57.6 cm³/mol. The number of rotatable bonds is 3. The van der Waals surface area contributed by atoms with Crippen molar-refractivity contribution in [3.8, 4) is 0 Å². The normalized spacial score (nSPS) is 12.4. The van der Waals surface area contributed by atoms with Gasteiger partial charge in [-0.05, 0) is 0 Å². The molecule has 1 unspecified atom stereocenters. The van der Waals surface area contributed by atoms with Crippen LogP contribution in [0.2, 0.25) is 0 Å². The summed E-state index contributed by atoms with van der Waals surface area (Å²) in [6.07, 6.45) is -0.111. The first-order valence-electron chi connectivity index (χ1n) is 4.83. The van der Waals surface area contributed by atoms with Gasteiger partial charge in [0.25, 0.3) is 5.56 Å². The molecule has 1 N–H and O–H groups in total. The summed E-state index contributed by atoms with van der Waals surface area (Å²) in [4.78, 5) is 33.5. The van der Waals surface area contributed by atoms with E-state index in [1.165, 1.54) is 24.7 Å². The molecule has 0 aliphatic rings. The molecule has 16 heavy (non-hydrogen) atoms. The van der Waals surface area contributed by atoms with Crippen LogP contribution in [0.3, 0.4) is 0 Å². The van der Waals surface area contributed by atoms with E-state index < -0.39 is 17.2 Å². The highest BCUT2D eigenvalue weighted by atomic mass is 16.4. The first kappa shape index (κ1) is 12.2. The maximum atomic E-state index is 11.6. The van der Waals surface area contributed by atoms with E-state index in [1.54, 1.807) is 6.92 Å². The second-order valence-electron chi connectivity index (χ2n) is 3.81. The van der Waals surface area contributed by atoms with E-state index in [0.29, 0.717) is 5.69 Å². The van der Waals surface area contributed by atoms with E-state index in [9.17, 15) is 14.4 Å². The fourth-order valence-electron chi connectivity index (χ4n) is 1.59. The number of nitrogens with zero attached hydrogens (tertiary/aromatic N) is 2. The molecule has 1 rings (SSSR count). The number of carbonyl (C=O) groups is 1. The van der Waals surface area contributed by atoms with Crippen molar-refractivity contribution in [2.45, 2.75) is 19.3 Å². The minimum atomic E-state index is -0.958. The van der Waals surface area contributed by atoms with Crippen molar-refractivity contribution >= 4 is 5.97 Å². The second-order valence-corrected chi connectivity index (χ2v) is 3.81. The van der Waals surface area contributed by atoms with Gasteiger partial charge < -0.3 is 9.67 Å². The molecule has 0 aromatic carbocycles. The third kappa shape index (κ3) is 2.21. The zero-order valence-electron chi connectivity index (χ0n) is 9.43. The molecular formula is C10H14N2O4. The van der Waals surface area contributed by atoms with Crippen LogP contribution < -0.4 is 11.2 Å². The van der Waals surface area contributed by atoms with Gasteiger partial charge in [0.1, 0.15) is 0 Å². The summed E-state index contributed by atoms with van der Waals surface area (Å²) in [6.45, 7) is 1.67. The number of aromatic nitrogens is 2. The van der Waals surface area contributed by atoms with E-state index in [2.05, 4.69) is 0 Å². The Morgan fingerprint density at radius 2 is 1.94 bits per heavy atom. The fourth-order valence-corrected chi connectivity index (χ4v) is 1.59. The predicted octanol–water partition coefficient (Wildman–Crippen LogP) is -0.338. The standard InChI is InChI=1S/C10H14N2O4/c1-6(4-9(14)15)7-5-8(13)12(3)10(16)11(7)2/h5-6H,4H2,1-3H3,(H,14,15). The minimum absolute atomic E-state index is 0.111. The maximum absolute atomic E-state index is 11.6. The Labute approximate surface area is 91.8 Å². The van der Waals surface area contributed by atoms with Crippen molar-refractivity contribution in [2.75, 3.05) is 0 Å². The van der Waals surface area contributed by atoms with Gasteiger partial charge in [-0.25, -0.2) is 4.79 Å². The van der Waals surface area contributed by atoms with E-state index in [1.807, 2.05) is 0 Å². The first-order chi connectivity index (χ1) is 7.34. The Morgan fingerprint density at radius 3 is 2.44 bits per heavy atom. The Balaban J connectivity index is 3.31. The molecule has 0 amide bonds. The molecule has 0 radical (unpaired) electrons. The summed E-state index contributed by atoms with van der Waals surface area (Å²) in [5.74, 6) is -1.33. The lowest BCUT2D eigenvalue weighted by molar-refractivity contribution is -0.137. The largest absolute Gasteiger partial charge is 0.481 e. The third-order valence-corrected chi connectivity index (χ3v) is 2.55. The lowest BCUT2D eigenvalue weighted by Crippen LogP contribution is -2.38. The summed E-state index contributed by atoms with van der Waals surface area (Å²) < 4.78 is 2.28. The molecule has 0 spiro atoms. The van der Waals surface area contributed by atoms with Gasteiger partial charge in [-0.2, -0.15) is 0 Å². The van der Waals surface area contributed by atoms with Crippen molar-refractivity contribution in [2.24, 2.45) is 14.1 Å². The van der Waals surface area contributed by atoms with Gasteiger partial charge in [-0.15, -0.1) is 0 Å². The zero-order valence-corrected chi connectivity index (χ0v) is 9.43. The molecule has 0 fully saturated rings. The van der Waals surface area contributed by atoms with Crippen molar-refractivity contribution in [1.29, 1.82) is 0 Å². The number of carboxylic acids is 1. The first-order valence-corrected chi connectivity index (χ1v) is 4.83. The molecule has 1 atom stereocenters. The SMILES string of the molecule is CC(CC(=O)O)c1cc(=O)n(C)c(=O)n1C. The number of hydrogen-bond acceptors (Lipinski definition) is 3. The average molecular weight is 226 g/mol. The summed E-state index contributed by atoms with van der Waals surface area (Å²) in [5, 5.41) is 8.66. The van der Waals surface area contributed by atoms with Crippen LogP contribution in [0.5, 0.6) is 0 Å². The molecule has 0 bridgehead atoms. The van der Waals surface area contributed by atoms with E-state index in [4.69, 9.17) is 5.11 Å². The highest BCUT2D eigenvalue weighted by molar-refractivity contribution is 5.67. The number of aliphatic carboxylic acids is 1. The van der Waals surface area contributed by atoms with E-state index in [0.717, 1.165) is 4.57 Å². The molecule has 6 heteroatoms. The molecule has 0 saturated heterocycles. The van der Waals surface area contributed by atoms with Gasteiger partial charge in [0, 0.05) is 31.8 Å². The number of carboxylic acid groups (broad SMARTS) is 1. The van der Waals surface area contributed by atoms with Gasteiger partial charge in [-0.1, -0.05) is 6.92 Å². The molecule has 1 aromatic heterocycles. The third-order valence-electron chi connectivity index (χ3n) is 2.55. The maximum Gasteiger partial charge on any atom is 0.330 e. The van der Waals surface area contributed by atoms with Gasteiger partial charge in [0.05, 0.1) is 6.42 Å². The van der Waals surface area contributed by atoms with E-state index >= 15 is 0 Å². The smallest absolute Gasteiger partial charge is 0.330 e. The van der Waals surface area contributed by atoms with Crippen LogP contribution in [0.4, 0.5) is 0 Å². The van der Waals surface area contributed by atoms with Crippen LogP contribution in [0, 0.1) is 0 Å². The number of hydrogen-bond donors (Lipinski definition) is 1. The molecular weight excluding hydrogens is 212 g/mol. The fraction of sp³-hybridized carbons (Fsp3) is 0.500. The van der Waals surface area contributed by atoms with Crippen molar-refractivity contribution in [1.82, 2.24) is 9.13 Å². The molecule has 6 nitrogen and oxygen atoms in total. The molecule has 1 heterocycles. The summed E-state index contributed by atoms with van der Waals surface area (Å²) in [6, 6.07) is 1.30. The van der Waals surface area contributed by atoms with Gasteiger partial charge >= 0.3 is 11.7 Å². The summed E-state index contributed by atoms with van der Waals surface area (Å²) >= 11 is 0. The molecule has 0 aliphatic carbocycles. The van der Waals surface area contributed by atoms with Crippen molar-refractivity contribution in [3.63, 3.8) is 0 Å². The average Bonchev–Trinajstić information content (AvgIpc) is 2.19. The zero-order chi connectivity index (χ0) is 12.5. The Kier molecular flexibility index (Phi) is 3.31. The van der Waals surface area contributed by atoms with Gasteiger partial charge in [0.2, 0.25) is 0 Å².